The molecule has 0 aliphatic heterocycles. The first-order valence-corrected chi connectivity index (χ1v) is 5.43. The van der Waals surface area contributed by atoms with Gasteiger partial charge in [-0.3, -0.25) is 14.9 Å². The van der Waals surface area contributed by atoms with Crippen molar-refractivity contribution < 1.29 is 14.6 Å². The lowest BCUT2D eigenvalue weighted by atomic mass is 10.2. The summed E-state index contributed by atoms with van der Waals surface area (Å²) in [5, 5.41) is 10.9. The number of nitrogens with zero attached hydrogens (tertiary/aromatic N) is 1. The average Bonchev–Trinajstić information content (AvgIpc) is 2.45. The molecule has 0 spiro atoms. The van der Waals surface area contributed by atoms with Gasteiger partial charge in [-0.15, -0.1) is 0 Å². The lowest BCUT2D eigenvalue weighted by Crippen LogP contribution is -2.08. The number of hydrogen-bond acceptors (Lipinski definition) is 5. The van der Waals surface area contributed by atoms with E-state index in [-0.39, 0.29) is 17.0 Å². The van der Waals surface area contributed by atoms with Crippen LogP contribution in [0.4, 0.5) is 11.4 Å². The molecule has 1 N–H and O–H groups in total. The van der Waals surface area contributed by atoms with Crippen LogP contribution < -0.4 is 10.3 Å². The number of anilines is 1. The minimum Gasteiger partial charge on any atom is -0.374 e. The van der Waals surface area contributed by atoms with E-state index in [1.54, 1.807) is 24.3 Å². The van der Waals surface area contributed by atoms with Crippen molar-refractivity contribution in [2.75, 3.05) is 5.48 Å². The third-order valence-electron chi connectivity index (χ3n) is 2.39. The Labute approximate surface area is 108 Å². The predicted octanol–water partition coefficient (Wildman–Crippen LogP) is 2.81. The highest BCUT2D eigenvalue weighted by molar-refractivity contribution is 5.82. The van der Waals surface area contributed by atoms with Crippen LogP contribution in [-0.2, 0) is 0 Å². The molecule has 0 aliphatic rings. The minimum absolute atomic E-state index is 0.105. The van der Waals surface area contributed by atoms with E-state index in [9.17, 15) is 14.9 Å². The molecular formula is C13H10N2O4. The van der Waals surface area contributed by atoms with Crippen LogP contribution in [0.1, 0.15) is 10.4 Å². The summed E-state index contributed by atoms with van der Waals surface area (Å²) in [6, 6.07) is 13.0. The number of nitro benzene ring substituents is 1. The summed E-state index contributed by atoms with van der Waals surface area (Å²) < 4.78 is 0. The molecule has 6 nitrogen and oxygen atoms in total. The molecule has 0 amide bonds. The molecule has 0 aromatic heterocycles. The zero-order valence-electron chi connectivity index (χ0n) is 9.78. The largest absolute Gasteiger partial charge is 0.374 e. The lowest BCUT2D eigenvalue weighted by Gasteiger charge is -2.09. The number of carbonyl (C=O) groups excluding carboxylic acids is 1. The van der Waals surface area contributed by atoms with Crippen molar-refractivity contribution in [1.29, 1.82) is 0 Å². The van der Waals surface area contributed by atoms with E-state index in [0.29, 0.717) is 12.0 Å². The number of rotatable bonds is 5. The fourth-order valence-corrected chi connectivity index (χ4v) is 1.51. The second kappa shape index (κ2) is 5.63. The summed E-state index contributed by atoms with van der Waals surface area (Å²) in [5.74, 6) is -0.105. The van der Waals surface area contributed by atoms with Crippen molar-refractivity contribution in [3.8, 4) is 5.75 Å². The SMILES string of the molecule is O=Cc1cccc([N+](=O)[O-])c1ONc1ccccc1. The van der Waals surface area contributed by atoms with Gasteiger partial charge in [-0.05, 0) is 18.2 Å². The molecule has 0 bridgehead atoms. The van der Waals surface area contributed by atoms with Crippen LogP contribution in [0.3, 0.4) is 0 Å². The van der Waals surface area contributed by atoms with Crippen molar-refractivity contribution in [3.63, 3.8) is 0 Å². The Hall–Kier alpha value is -2.89. The van der Waals surface area contributed by atoms with Crippen LogP contribution >= 0.6 is 0 Å². The molecule has 0 atom stereocenters. The van der Waals surface area contributed by atoms with Gasteiger partial charge in [0.1, 0.15) is 0 Å². The number of hydrogen-bond donors (Lipinski definition) is 1. The number of carbonyl (C=O) groups is 1. The number of aldehydes is 1. The molecule has 0 saturated carbocycles. The Morgan fingerprint density at radius 3 is 2.47 bits per heavy atom. The highest BCUT2D eigenvalue weighted by atomic mass is 16.7. The van der Waals surface area contributed by atoms with Gasteiger partial charge in [0, 0.05) is 6.07 Å². The number of nitrogens with one attached hydrogen (secondary N) is 1. The monoisotopic (exact) mass is 258 g/mol. The molecule has 6 heteroatoms. The smallest absolute Gasteiger partial charge is 0.315 e. The molecule has 0 radical (unpaired) electrons. The zero-order chi connectivity index (χ0) is 13.7. The van der Waals surface area contributed by atoms with Crippen molar-refractivity contribution in [2.24, 2.45) is 0 Å². The fourth-order valence-electron chi connectivity index (χ4n) is 1.51. The fraction of sp³-hybridized carbons (Fsp3) is 0. The number of nitro groups is 1. The van der Waals surface area contributed by atoms with E-state index in [4.69, 9.17) is 4.84 Å². The van der Waals surface area contributed by atoms with Crippen LogP contribution in [-0.4, -0.2) is 11.2 Å². The van der Waals surface area contributed by atoms with E-state index in [1.165, 1.54) is 18.2 Å². The normalized spacial score (nSPS) is 9.68. The molecule has 0 unspecified atom stereocenters. The van der Waals surface area contributed by atoms with Gasteiger partial charge in [-0.25, -0.2) is 5.48 Å². The van der Waals surface area contributed by atoms with Gasteiger partial charge in [-0.2, -0.15) is 0 Å². The third kappa shape index (κ3) is 2.86. The van der Waals surface area contributed by atoms with Gasteiger partial charge in [0.15, 0.2) is 6.29 Å². The Morgan fingerprint density at radius 1 is 1.11 bits per heavy atom. The summed E-state index contributed by atoms with van der Waals surface area (Å²) in [7, 11) is 0. The molecule has 2 aromatic rings. The van der Waals surface area contributed by atoms with Crippen LogP contribution in [0.15, 0.2) is 48.5 Å². The van der Waals surface area contributed by atoms with E-state index < -0.39 is 4.92 Å². The van der Waals surface area contributed by atoms with Crippen LogP contribution in [0.5, 0.6) is 5.75 Å². The van der Waals surface area contributed by atoms with Crippen molar-refractivity contribution in [1.82, 2.24) is 0 Å². The molecule has 0 fully saturated rings. The topological polar surface area (TPSA) is 81.5 Å². The molecule has 96 valence electrons. The van der Waals surface area contributed by atoms with Crippen LogP contribution in [0.2, 0.25) is 0 Å². The maximum Gasteiger partial charge on any atom is 0.315 e. The molecule has 2 aromatic carbocycles. The highest BCUT2D eigenvalue weighted by Gasteiger charge is 2.19. The summed E-state index contributed by atoms with van der Waals surface area (Å²) in [6.07, 6.45) is 0.509. The van der Waals surface area contributed by atoms with E-state index in [1.807, 2.05) is 6.07 Å². The first kappa shape index (κ1) is 12.6. The maximum absolute atomic E-state index is 10.9. The second-order valence-electron chi connectivity index (χ2n) is 3.64. The third-order valence-corrected chi connectivity index (χ3v) is 2.39. The van der Waals surface area contributed by atoms with Gasteiger partial charge in [0.25, 0.3) is 0 Å². The van der Waals surface area contributed by atoms with Crippen LogP contribution in [0, 0.1) is 10.1 Å². The van der Waals surface area contributed by atoms with Crippen molar-refractivity contribution in [2.45, 2.75) is 0 Å². The molecule has 2 rings (SSSR count). The van der Waals surface area contributed by atoms with E-state index >= 15 is 0 Å². The minimum atomic E-state index is -0.602. The first-order chi connectivity index (χ1) is 9.22. The molecular weight excluding hydrogens is 248 g/mol. The Bertz CT molecular complexity index is 599. The Balaban J connectivity index is 2.28. The molecule has 0 heterocycles. The summed E-state index contributed by atoms with van der Waals surface area (Å²) >= 11 is 0. The molecule has 19 heavy (non-hydrogen) atoms. The summed E-state index contributed by atoms with van der Waals surface area (Å²) in [4.78, 5) is 26.3. The average molecular weight is 258 g/mol. The lowest BCUT2D eigenvalue weighted by molar-refractivity contribution is -0.385. The van der Waals surface area contributed by atoms with Crippen molar-refractivity contribution in [3.05, 3.63) is 64.2 Å². The van der Waals surface area contributed by atoms with Crippen molar-refractivity contribution >= 4 is 17.7 Å². The number of benzene rings is 2. The van der Waals surface area contributed by atoms with Gasteiger partial charge in [0.05, 0.1) is 16.2 Å². The summed E-state index contributed by atoms with van der Waals surface area (Å²) in [5.41, 5.74) is 3.03. The van der Waals surface area contributed by atoms with E-state index in [0.717, 1.165) is 0 Å². The Morgan fingerprint density at radius 2 is 1.84 bits per heavy atom. The van der Waals surface area contributed by atoms with Gasteiger partial charge < -0.3 is 4.84 Å². The maximum atomic E-state index is 10.9. The first-order valence-electron chi connectivity index (χ1n) is 5.43. The highest BCUT2D eigenvalue weighted by Crippen LogP contribution is 2.30. The number of para-hydroxylation sites is 2. The summed E-state index contributed by atoms with van der Waals surface area (Å²) in [6.45, 7) is 0. The molecule has 0 aliphatic carbocycles. The van der Waals surface area contributed by atoms with Crippen LogP contribution in [0.25, 0.3) is 0 Å². The van der Waals surface area contributed by atoms with E-state index in [2.05, 4.69) is 5.48 Å². The predicted molar refractivity (Wildman–Crippen MR) is 69.2 cm³/mol. The quantitative estimate of drug-likeness (QED) is 0.506. The second-order valence-corrected chi connectivity index (χ2v) is 3.64. The standard InChI is InChI=1S/C13H10N2O4/c16-9-10-5-4-8-12(15(17)18)13(10)19-14-11-6-2-1-3-7-11/h1-9,14H. The zero-order valence-corrected chi connectivity index (χ0v) is 9.78. The molecule has 0 saturated heterocycles. The Kier molecular flexibility index (Phi) is 3.72. The van der Waals surface area contributed by atoms with Gasteiger partial charge in [0.2, 0.25) is 5.75 Å². The van der Waals surface area contributed by atoms with Gasteiger partial charge in [-0.1, -0.05) is 24.3 Å². The van der Waals surface area contributed by atoms with Gasteiger partial charge >= 0.3 is 5.69 Å².